The molecule has 1 atom stereocenters. The second-order valence-electron chi connectivity index (χ2n) is 7.66. The number of rotatable bonds is 8. The maximum Gasteiger partial charge on any atom is 0.458 e. The molecule has 2 amide bonds. The molecule has 0 radical (unpaired) electrons. The molecule has 0 heterocycles. The van der Waals surface area contributed by atoms with Gasteiger partial charge in [-0.25, -0.2) is 14.0 Å². The molecular formula is C22H18F10N2O6. The minimum atomic E-state index is -6.37. The molecular weight excluding hydrogens is 578 g/mol. The molecule has 0 aliphatic carbocycles. The first-order valence-corrected chi connectivity index (χ1v) is 10.6. The zero-order valence-electron chi connectivity index (χ0n) is 20.0. The van der Waals surface area contributed by atoms with E-state index in [1.807, 2.05) is 0 Å². The number of anilines is 1. The van der Waals surface area contributed by atoms with Crippen LogP contribution >= 0.6 is 0 Å². The first-order chi connectivity index (χ1) is 18.2. The molecule has 0 aromatic heterocycles. The van der Waals surface area contributed by atoms with E-state index in [1.54, 1.807) is 0 Å². The summed E-state index contributed by atoms with van der Waals surface area (Å²) in [5, 5.41) is 12.3. The third-order valence-electron chi connectivity index (χ3n) is 5.02. The van der Waals surface area contributed by atoms with Gasteiger partial charge in [-0.2, -0.15) is 39.5 Å². The topological polar surface area (TPSA) is 106 Å². The lowest BCUT2D eigenvalue weighted by molar-refractivity contribution is -0.364. The molecule has 3 N–H and O–H groups in total. The van der Waals surface area contributed by atoms with Crippen molar-refractivity contribution in [1.29, 1.82) is 0 Å². The lowest BCUT2D eigenvalue weighted by Gasteiger charge is -2.37. The highest BCUT2D eigenvalue weighted by molar-refractivity contribution is 5.92. The number of urea groups is 1. The number of hydrogen-bond acceptors (Lipinski definition) is 6. The van der Waals surface area contributed by atoms with E-state index >= 15 is 0 Å². The van der Waals surface area contributed by atoms with Crippen LogP contribution in [-0.2, 0) is 15.1 Å². The SMILES string of the molecule is CCOC(=O)C(O)(c1ccc(NC(=O)NC(Oc2ccc(F)cc2)(C(F)(F)F)C(F)(F)F)c(OC)c1)C(F)(F)F. The smallest absolute Gasteiger partial charge is 0.458 e. The maximum absolute atomic E-state index is 13.8. The van der Waals surface area contributed by atoms with Crippen molar-refractivity contribution in [1.82, 2.24) is 5.32 Å². The molecule has 0 aliphatic rings. The molecule has 2 rings (SSSR count). The lowest BCUT2D eigenvalue weighted by Crippen LogP contribution is -2.71. The predicted molar refractivity (Wildman–Crippen MR) is 114 cm³/mol. The standard InChI is InChI=1S/C22H18F10N2O6/c1-3-39-16(35)18(37,20(24,25)26)11-4-9-14(15(10-11)38-2)33-17(36)34-19(21(27,28)29,22(30,31)32)40-13-7-5-12(23)6-8-13/h4-10,37H,3H2,1-2H3,(H2,33,34,36). The van der Waals surface area contributed by atoms with E-state index in [4.69, 9.17) is 4.74 Å². The molecule has 0 saturated heterocycles. The van der Waals surface area contributed by atoms with Crippen LogP contribution in [0.5, 0.6) is 11.5 Å². The number of benzene rings is 2. The summed E-state index contributed by atoms with van der Waals surface area (Å²) < 4.78 is 149. The number of nitrogens with one attached hydrogen (secondary N) is 2. The van der Waals surface area contributed by atoms with E-state index < -0.39 is 77.0 Å². The Morgan fingerprint density at radius 3 is 1.88 bits per heavy atom. The van der Waals surface area contributed by atoms with Crippen molar-refractivity contribution in [2.45, 2.75) is 36.8 Å². The quantitative estimate of drug-likeness (QED) is 0.221. The van der Waals surface area contributed by atoms with Gasteiger partial charge in [0, 0.05) is 5.56 Å². The van der Waals surface area contributed by atoms with Crippen molar-refractivity contribution in [2.24, 2.45) is 0 Å². The van der Waals surface area contributed by atoms with E-state index in [0.717, 1.165) is 14.0 Å². The fourth-order valence-electron chi connectivity index (χ4n) is 3.09. The van der Waals surface area contributed by atoms with Crippen LogP contribution in [0.3, 0.4) is 0 Å². The summed E-state index contributed by atoms with van der Waals surface area (Å²) in [6.07, 6.45) is -18.4. The van der Waals surface area contributed by atoms with E-state index in [1.165, 1.54) is 5.32 Å². The van der Waals surface area contributed by atoms with Gasteiger partial charge in [-0.1, -0.05) is 6.07 Å². The van der Waals surface area contributed by atoms with Crippen LogP contribution in [0.25, 0.3) is 0 Å². The van der Waals surface area contributed by atoms with Gasteiger partial charge in [0.25, 0.3) is 5.60 Å². The largest absolute Gasteiger partial charge is 0.495 e. The number of aliphatic hydroxyl groups is 1. The molecule has 8 nitrogen and oxygen atoms in total. The number of halogens is 10. The monoisotopic (exact) mass is 596 g/mol. The average Bonchev–Trinajstić information content (AvgIpc) is 2.82. The molecule has 40 heavy (non-hydrogen) atoms. The minimum absolute atomic E-state index is 0.343. The first kappa shape index (κ1) is 32.3. The van der Waals surface area contributed by atoms with Gasteiger partial charge in [0.2, 0.25) is 0 Å². The van der Waals surface area contributed by atoms with Gasteiger partial charge in [0.1, 0.15) is 17.3 Å². The fourth-order valence-corrected chi connectivity index (χ4v) is 3.09. The summed E-state index contributed by atoms with van der Waals surface area (Å²) >= 11 is 0. The van der Waals surface area contributed by atoms with Crippen molar-refractivity contribution < 1.29 is 72.8 Å². The van der Waals surface area contributed by atoms with E-state index in [9.17, 15) is 58.6 Å². The van der Waals surface area contributed by atoms with Gasteiger partial charge >= 0.3 is 36.3 Å². The van der Waals surface area contributed by atoms with Crippen LogP contribution in [0.2, 0.25) is 0 Å². The number of carbonyl (C=O) groups is 2. The van der Waals surface area contributed by atoms with E-state index in [-0.39, 0.29) is 0 Å². The molecule has 0 fully saturated rings. The van der Waals surface area contributed by atoms with Gasteiger partial charge in [-0.15, -0.1) is 0 Å². The molecule has 0 saturated carbocycles. The Kier molecular flexibility index (Phi) is 9.08. The number of ether oxygens (including phenoxy) is 3. The van der Waals surface area contributed by atoms with Crippen LogP contribution in [0.1, 0.15) is 12.5 Å². The van der Waals surface area contributed by atoms with Gasteiger partial charge in [0.05, 0.1) is 19.4 Å². The molecule has 0 aliphatic heterocycles. The van der Waals surface area contributed by atoms with Gasteiger partial charge in [-0.3, -0.25) is 5.32 Å². The highest BCUT2D eigenvalue weighted by Gasteiger charge is 2.75. The zero-order valence-corrected chi connectivity index (χ0v) is 20.0. The van der Waals surface area contributed by atoms with Crippen LogP contribution in [-0.4, -0.2) is 55.1 Å². The zero-order chi connectivity index (χ0) is 30.7. The Hall–Kier alpha value is -3.96. The molecule has 222 valence electrons. The van der Waals surface area contributed by atoms with Crippen LogP contribution in [0, 0.1) is 5.82 Å². The second kappa shape index (κ2) is 11.3. The highest BCUT2D eigenvalue weighted by Crippen LogP contribution is 2.45. The normalized spacial score (nSPS) is 14.1. The summed E-state index contributed by atoms with van der Waals surface area (Å²) in [6.45, 7) is 0.566. The average molecular weight is 596 g/mol. The Bertz CT molecular complexity index is 1200. The lowest BCUT2D eigenvalue weighted by atomic mass is 9.92. The number of esters is 1. The second-order valence-corrected chi connectivity index (χ2v) is 7.66. The summed E-state index contributed by atoms with van der Waals surface area (Å²) in [4.78, 5) is 24.3. The van der Waals surface area contributed by atoms with E-state index in [0.29, 0.717) is 47.8 Å². The molecule has 2 aromatic carbocycles. The minimum Gasteiger partial charge on any atom is -0.495 e. The number of methoxy groups -OCH3 is 1. The Morgan fingerprint density at radius 1 is 0.875 bits per heavy atom. The van der Waals surface area contributed by atoms with E-state index in [2.05, 4.69) is 9.47 Å². The molecule has 0 bridgehead atoms. The maximum atomic E-state index is 13.8. The highest BCUT2D eigenvalue weighted by atomic mass is 19.4. The summed E-state index contributed by atoms with van der Waals surface area (Å²) in [7, 11) is 0.784. The van der Waals surface area contributed by atoms with Gasteiger partial charge < -0.3 is 24.6 Å². The van der Waals surface area contributed by atoms with Crippen molar-refractivity contribution in [3.63, 3.8) is 0 Å². The third kappa shape index (κ3) is 6.26. The Labute approximate surface area is 217 Å². The number of alkyl halides is 9. The summed E-state index contributed by atoms with van der Waals surface area (Å²) in [5.41, 5.74) is -11.7. The number of carbonyl (C=O) groups excluding carboxylic acids is 2. The molecule has 2 aromatic rings. The van der Waals surface area contributed by atoms with Crippen LogP contribution < -0.4 is 20.1 Å². The van der Waals surface area contributed by atoms with Crippen molar-refractivity contribution in [2.75, 3.05) is 19.0 Å². The van der Waals surface area contributed by atoms with Crippen LogP contribution in [0.4, 0.5) is 54.4 Å². The van der Waals surface area contributed by atoms with Gasteiger partial charge in [-0.05, 0) is 43.3 Å². The van der Waals surface area contributed by atoms with Crippen molar-refractivity contribution in [3.8, 4) is 11.5 Å². The molecule has 18 heteroatoms. The summed E-state index contributed by atoms with van der Waals surface area (Å²) in [5.74, 6) is -5.16. The molecule has 1 unspecified atom stereocenters. The first-order valence-electron chi connectivity index (χ1n) is 10.6. The third-order valence-corrected chi connectivity index (χ3v) is 5.02. The van der Waals surface area contributed by atoms with Crippen molar-refractivity contribution >= 4 is 17.7 Å². The Morgan fingerprint density at radius 2 is 1.43 bits per heavy atom. The van der Waals surface area contributed by atoms with Gasteiger partial charge in [0.15, 0.2) is 0 Å². The fraction of sp³-hybridized carbons (Fsp3) is 0.364. The number of hydrogen-bond donors (Lipinski definition) is 3. The van der Waals surface area contributed by atoms with Crippen molar-refractivity contribution in [3.05, 3.63) is 53.8 Å². The summed E-state index contributed by atoms with van der Waals surface area (Å²) in [6, 6.07) is 0.804. The Balaban J connectivity index is 2.50. The van der Waals surface area contributed by atoms with Crippen LogP contribution in [0.15, 0.2) is 42.5 Å². The number of amides is 2. The predicted octanol–water partition coefficient (Wildman–Crippen LogP) is 5.17. The molecule has 0 spiro atoms.